The smallest absolute Gasteiger partial charge is 0.227 e. The summed E-state index contributed by atoms with van der Waals surface area (Å²) in [4.78, 5) is 25.1. The minimum atomic E-state index is -0.00502. The number of amides is 2. The van der Waals surface area contributed by atoms with Crippen molar-refractivity contribution in [3.05, 3.63) is 28.7 Å². The topological polar surface area (TPSA) is 49.4 Å². The van der Waals surface area contributed by atoms with Gasteiger partial charge in [-0.3, -0.25) is 9.59 Å². The van der Waals surface area contributed by atoms with E-state index in [2.05, 4.69) is 21.2 Å². The van der Waals surface area contributed by atoms with Gasteiger partial charge in [0.15, 0.2) is 0 Å². The highest BCUT2D eigenvalue weighted by Gasteiger charge is 2.25. The number of rotatable bonds is 2. The predicted octanol–water partition coefficient (Wildman–Crippen LogP) is 2.65. The molecule has 1 aromatic rings. The van der Waals surface area contributed by atoms with Crippen LogP contribution in [0.25, 0.3) is 0 Å². The molecular formula is C14H17BrN2O2. The van der Waals surface area contributed by atoms with E-state index in [1.54, 1.807) is 11.8 Å². The van der Waals surface area contributed by atoms with E-state index in [-0.39, 0.29) is 17.7 Å². The summed E-state index contributed by atoms with van der Waals surface area (Å²) in [6, 6.07) is 7.55. The first kappa shape index (κ1) is 14.1. The Kier molecular flexibility index (Phi) is 4.58. The molecule has 1 N–H and O–H groups in total. The lowest BCUT2D eigenvalue weighted by molar-refractivity contribution is -0.132. The molecule has 2 rings (SSSR count). The maximum absolute atomic E-state index is 12.1. The van der Waals surface area contributed by atoms with Gasteiger partial charge in [-0.15, -0.1) is 0 Å². The molecular weight excluding hydrogens is 308 g/mol. The average Bonchev–Trinajstić information content (AvgIpc) is 2.39. The van der Waals surface area contributed by atoms with Crippen molar-refractivity contribution in [2.24, 2.45) is 5.92 Å². The van der Waals surface area contributed by atoms with Gasteiger partial charge in [0.2, 0.25) is 11.8 Å². The number of carbonyl (C=O) groups excluding carboxylic acids is 2. The molecule has 5 heteroatoms. The minimum Gasteiger partial charge on any atom is -0.343 e. The molecule has 19 heavy (non-hydrogen) atoms. The Bertz CT molecular complexity index is 482. The molecule has 1 heterocycles. The third-order valence-corrected chi connectivity index (χ3v) is 3.90. The zero-order chi connectivity index (χ0) is 13.8. The summed E-state index contributed by atoms with van der Waals surface area (Å²) in [6.07, 6.45) is 1.47. The zero-order valence-electron chi connectivity index (χ0n) is 10.9. The molecule has 1 aromatic carbocycles. The van der Waals surface area contributed by atoms with E-state index in [9.17, 15) is 9.59 Å². The number of benzene rings is 1. The molecule has 1 aliphatic rings. The normalized spacial score (nSPS) is 16.2. The van der Waals surface area contributed by atoms with Crippen molar-refractivity contribution < 1.29 is 9.59 Å². The number of halogens is 1. The number of nitrogens with zero attached hydrogens (tertiary/aromatic N) is 1. The van der Waals surface area contributed by atoms with Gasteiger partial charge in [0.25, 0.3) is 0 Å². The van der Waals surface area contributed by atoms with Crippen LogP contribution in [0.4, 0.5) is 5.69 Å². The monoisotopic (exact) mass is 324 g/mol. The molecule has 2 amide bonds. The van der Waals surface area contributed by atoms with Crippen molar-refractivity contribution in [3.63, 3.8) is 0 Å². The summed E-state index contributed by atoms with van der Waals surface area (Å²) in [5.41, 5.74) is 0.799. The van der Waals surface area contributed by atoms with Gasteiger partial charge in [0.1, 0.15) is 0 Å². The lowest BCUT2D eigenvalue weighted by atomic mass is 9.96. The molecule has 0 saturated carbocycles. The molecule has 0 spiro atoms. The lowest BCUT2D eigenvalue weighted by Crippen LogP contribution is -2.40. The number of carbonyl (C=O) groups is 2. The van der Waals surface area contributed by atoms with Crippen LogP contribution < -0.4 is 5.32 Å². The van der Waals surface area contributed by atoms with Crippen LogP contribution in [0.3, 0.4) is 0 Å². The van der Waals surface area contributed by atoms with Crippen LogP contribution in [0.1, 0.15) is 19.8 Å². The summed E-state index contributed by atoms with van der Waals surface area (Å²) < 4.78 is 0.941. The van der Waals surface area contributed by atoms with Gasteiger partial charge in [-0.2, -0.15) is 0 Å². The Morgan fingerprint density at radius 1 is 1.32 bits per heavy atom. The Labute approximate surface area is 121 Å². The highest BCUT2D eigenvalue weighted by Crippen LogP contribution is 2.21. The highest BCUT2D eigenvalue weighted by atomic mass is 79.9. The number of anilines is 1. The number of likely N-dealkylation sites (tertiary alicyclic amines) is 1. The molecule has 4 nitrogen and oxygen atoms in total. The van der Waals surface area contributed by atoms with Crippen LogP contribution in [0.15, 0.2) is 28.7 Å². The molecule has 102 valence electrons. The fraction of sp³-hybridized carbons (Fsp3) is 0.429. The maximum atomic E-state index is 12.1. The first-order chi connectivity index (χ1) is 9.06. The molecule has 0 unspecified atom stereocenters. The number of nitrogens with one attached hydrogen (secondary N) is 1. The summed E-state index contributed by atoms with van der Waals surface area (Å²) in [6.45, 7) is 2.92. The molecule has 0 aliphatic carbocycles. The second-order valence-electron chi connectivity index (χ2n) is 4.78. The second kappa shape index (κ2) is 6.19. The van der Waals surface area contributed by atoms with Crippen molar-refractivity contribution in [2.75, 3.05) is 18.4 Å². The summed E-state index contributed by atoms with van der Waals surface area (Å²) >= 11 is 3.38. The van der Waals surface area contributed by atoms with Crippen molar-refractivity contribution >= 4 is 33.4 Å². The Morgan fingerprint density at radius 2 is 2.00 bits per heavy atom. The van der Waals surface area contributed by atoms with Crippen LogP contribution in [-0.2, 0) is 9.59 Å². The van der Waals surface area contributed by atoms with Gasteiger partial charge in [0.05, 0.1) is 0 Å². The number of hydrogen-bond acceptors (Lipinski definition) is 2. The lowest BCUT2D eigenvalue weighted by Gasteiger charge is -2.30. The number of hydrogen-bond donors (Lipinski definition) is 1. The van der Waals surface area contributed by atoms with Crippen LogP contribution in [-0.4, -0.2) is 29.8 Å². The Balaban J connectivity index is 1.90. The summed E-state index contributed by atoms with van der Waals surface area (Å²) in [7, 11) is 0. The quantitative estimate of drug-likeness (QED) is 0.909. The SMILES string of the molecule is CC(=O)N1CCC(C(=O)Nc2cccc(Br)c2)CC1. The fourth-order valence-electron chi connectivity index (χ4n) is 2.27. The third-order valence-electron chi connectivity index (χ3n) is 3.40. The summed E-state index contributed by atoms with van der Waals surface area (Å²) in [5, 5.41) is 2.92. The van der Waals surface area contributed by atoms with Gasteiger partial charge >= 0.3 is 0 Å². The van der Waals surface area contributed by atoms with Crippen LogP contribution in [0.2, 0.25) is 0 Å². The standard InChI is InChI=1S/C14H17BrN2O2/c1-10(18)17-7-5-11(6-8-17)14(19)16-13-4-2-3-12(15)9-13/h2-4,9,11H,5-8H2,1H3,(H,16,19). The predicted molar refractivity (Wildman–Crippen MR) is 77.7 cm³/mol. The van der Waals surface area contributed by atoms with Gasteiger partial charge in [-0.1, -0.05) is 22.0 Å². The first-order valence-corrected chi connectivity index (χ1v) is 7.17. The van der Waals surface area contributed by atoms with Crippen molar-refractivity contribution in [3.8, 4) is 0 Å². The maximum Gasteiger partial charge on any atom is 0.227 e. The molecule has 1 saturated heterocycles. The highest BCUT2D eigenvalue weighted by molar-refractivity contribution is 9.10. The van der Waals surface area contributed by atoms with Gasteiger partial charge in [-0.05, 0) is 31.0 Å². The zero-order valence-corrected chi connectivity index (χ0v) is 12.4. The van der Waals surface area contributed by atoms with Crippen molar-refractivity contribution in [1.82, 2.24) is 4.90 Å². The Hall–Kier alpha value is -1.36. The second-order valence-corrected chi connectivity index (χ2v) is 5.70. The molecule has 0 atom stereocenters. The van der Waals surface area contributed by atoms with Gasteiger partial charge in [0, 0.05) is 36.1 Å². The molecule has 1 fully saturated rings. The molecule has 0 aromatic heterocycles. The van der Waals surface area contributed by atoms with E-state index >= 15 is 0 Å². The molecule has 0 radical (unpaired) electrons. The average molecular weight is 325 g/mol. The van der Waals surface area contributed by atoms with Crippen molar-refractivity contribution in [2.45, 2.75) is 19.8 Å². The first-order valence-electron chi connectivity index (χ1n) is 6.38. The van der Waals surface area contributed by atoms with Gasteiger partial charge < -0.3 is 10.2 Å². The van der Waals surface area contributed by atoms with E-state index in [1.807, 2.05) is 24.3 Å². The van der Waals surface area contributed by atoms with Crippen LogP contribution >= 0.6 is 15.9 Å². The molecule has 1 aliphatic heterocycles. The summed E-state index contributed by atoms with van der Waals surface area (Å²) in [5.74, 6) is 0.127. The van der Waals surface area contributed by atoms with Crippen LogP contribution in [0, 0.1) is 5.92 Å². The molecule has 0 bridgehead atoms. The van der Waals surface area contributed by atoms with Crippen LogP contribution in [0.5, 0.6) is 0 Å². The Morgan fingerprint density at radius 3 is 2.58 bits per heavy atom. The third kappa shape index (κ3) is 3.80. The van der Waals surface area contributed by atoms with E-state index in [1.165, 1.54) is 0 Å². The minimum absolute atomic E-state index is 0.00502. The number of piperidine rings is 1. The largest absolute Gasteiger partial charge is 0.343 e. The fourth-order valence-corrected chi connectivity index (χ4v) is 2.67. The van der Waals surface area contributed by atoms with E-state index in [0.717, 1.165) is 23.0 Å². The van der Waals surface area contributed by atoms with E-state index in [4.69, 9.17) is 0 Å². The van der Waals surface area contributed by atoms with E-state index < -0.39 is 0 Å². The van der Waals surface area contributed by atoms with E-state index in [0.29, 0.717) is 13.1 Å². The van der Waals surface area contributed by atoms with Gasteiger partial charge in [-0.25, -0.2) is 0 Å². The van der Waals surface area contributed by atoms with Crippen molar-refractivity contribution in [1.29, 1.82) is 0 Å².